The maximum atomic E-state index is 5.21. The molecule has 1 N–H and O–H groups in total. The van der Waals surface area contributed by atoms with E-state index >= 15 is 0 Å². The van der Waals surface area contributed by atoms with Gasteiger partial charge in [-0.2, -0.15) is 9.61 Å². The minimum absolute atomic E-state index is 0.336. The summed E-state index contributed by atoms with van der Waals surface area (Å²) in [4.78, 5) is 16.6. The molecule has 7 rings (SSSR count). The SMILES string of the molecule is C[C@@H]1CCc2sc3nc(N4CC[NH+](C(c5ccccc5)c5ccccc5)CC4)n4ncnc4c3c2C1. The van der Waals surface area contributed by atoms with Gasteiger partial charge in [-0.3, -0.25) is 0 Å². The Morgan fingerprint density at radius 2 is 1.67 bits per heavy atom. The van der Waals surface area contributed by atoms with Crippen LogP contribution in [0.2, 0.25) is 0 Å². The topological polar surface area (TPSA) is 50.8 Å². The fourth-order valence-electron chi connectivity index (χ4n) is 6.19. The third-order valence-electron chi connectivity index (χ3n) is 8.01. The Hall–Kier alpha value is -3.29. The third kappa shape index (κ3) is 3.69. The molecule has 0 amide bonds. The summed E-state index contributed by atoms with van der Waals surface area (Å²) in [6, 6.07) is 22.2. The van der Waals surface area contributed by atoms with E-state index in [4.69, 9.17) is 9.97 Å². The molecule has 2 aliphatic rings. The summed E-state index contributed by atoms with van der Waals surface area (Å²) in [7, 11) is 0. The average molecular weight is 496 g/mol. The molecule has 4 heterocycles. The summed E-state index contributed by atoms with van der Waals surface area (Å²) >= 11 is 1.87. The van der Waals surface area contributed by atoms with Crippen LogP contribution in [0.5, 0.6) is 0 Å². The second-order valence-electron chi connectivity index (χ2n) is 10.3. The monoisotopic (exact) mass is 495 g/mol. The van der Waals surface area contributed by atoms with Gasteiger partial charge in [-0.1, -0.05) is 67.6 Å². The van der Waals surface area contributed by atoms with Crippen molar-refractivity contribution in [3.63, 3.8) is 0 Å². The Labute approximate surface area is 215 Å². The van der Waals surface area contributed by atoms with E-state index in [-0.39, 0.29) is 0 Å². The van der Waals surface area contributed by atoms with Crippen LogP contribution in [0.25, 0.3) is 15.9 Å². The van der Waals surface area contributed by atoms with Crippen molar-refractivity contribution in [2.45, 2.75) is 32.2 Å². The number of aryl methyl sites for hydroxylation is 1. The summed E-state index contributed by atoms with van der Waals surface area (Å²) < 4.78 is 1.99. The van der Waals surface area contributed by atoms with E-state index in [1.165, 1.54) is 33.4 Å². The van der Waals surface area contributed by atoms with E-state index in [2.05, 4.69) is 77.6 Å². The maximum absolute atomic E-state index is 5.21. The minimum atomic E-state index is 0.336. The smallest absolute Gasteiger partial charge is 0.230 e. The lowest BCUT2D eigenvalue weighted by Crippen LogP contribution is -3.15. The van der Waals surface area contributed by atoms with Crippen LogP contribution < -0.4 is 9.80 Å². The first-order valence-electron chi connectivity index (χ1n) is 13.1. The zero-order valence-electron chi connectivity index (χ0n) is 20.6. The summed E-state index contributed by atoms with van der Waals surface area (Å²) in [6.07, 6.45) is 5.25. The van der Waals surface area contributed by atoms with Gasteiger partial charge < -0.3 is 9.80 Å². The number of benzene rings is 2. The first-order chi connectivity index (χ1) is 17.8. The first kappa shape index (κ1) is 21.9. The Balaban J connectivity index is 1.21. The molecule has 3 aromatic heterocycles. The predicted molar refractivity (Wildman–Crippen MR) is 145 cm³/mol. The molecular weight excluding hydrogens is 464 g/mol. The van der Waals surface area contributed by atoms with Crippen LogP contribution >= 0.6 is 11.3 Å². The standard InChI is InChI=1S/C29H30N6S/c1-20-12-13-24-23(18-20)25-27-30-19-31-35(27)29(32-28(25)36-24)34-16-14-33(15-17-34)26(21-8-4-2-5-9-21)22-10-6-3-7-11-22/h2-11,19-20,26H,12-18H2,1H3/p+1/t20-/m1/s1. The van der Waals surface area contributed by atoms with Crippen molar-refractivity contribution >= 4 is 33.1 Å². The largest absolute Gasteiger partial charge is 0.329 e. The molecule has 1 aliphatic heterocycles. The van der Waals surface area contributed by atoms with Crippen molar-refractivity contribution in [3.8, 4) is 0 Å². The molecule has 1 fully saturated rings. The molecule has 0 saturated carbocycles. The summed E-state index contributed by atoms with van der Waals surface area (Å²) in [5.41, 5.74) is 5.20. The molecule has 6 nitrogen and oxygen atoms in total. The number of piperazine rings is 1. The number of aromatic nitrogens is 4. The quantitative estimate of drug-likeness (QED) is 0.410. The summed E-state index contributed by atoms with van der Waals surface area (Å²) in [5.74, 6) is 1.66. The van der Waals surface area contributed by atoms with E-state index in [1.54, 1.807) is 11.2 Å². The van der Waals surface area contributed by atoms with Gasteiger partial charge in [0.1, 0.15) is 17.2 Å². The highest BCUT2D eigenvalue weighted by molar-refractivity contribution is 7.19. The van der Waals surface area contributed by atoms with Crippen molar-refractivity contribution in [1.29, 1.82) is 0 Å². The van der Waals surface area contributed by atoms with Gasteiger partial charge in [0.25, 0.3) is 0 Å². The molecule has 0 bridgehead atoms. The van der Waals surface area contributed by atoms with Crippen molar-refractivity contribution in [2.75, 3.05) is 31.1 Å². The molecule has 5 aromatic rings. The summed E-state index contributed by atoms with van der Waals surface area (Å²) in [6.45, 7) is 6.34. The minimum Gasteiger partial charge on any atom is -0.329 e. The number of hydrogen-bond donors (Lipinski definition) is 1. The van der Waals surface area contributed by atoms with Gasteiger partial charge in [0.2, 0.25) is 5.95 Å². The average Bonchev–Trinajstić information content (AvgIpc) is 3.54. The van der Waals surface area contributed by atoms with E-state index in [1.807, 2.05) is 15.9 Å². The molecule has 7 heteroatoms. The number of rotatable bonds is 4. The lowest BCUT2D eigenvalue weighted by atomic mass is 9.89. The molecule has 0 unspecified atom stereocenters. The first-order valence-corrected chi connectivity index (χ1v) is 13.9. The van der Waals surface area contributed by atoms with E-state index in [0.717, 1.165) is 61.4 Å². The van der Waals surface area contributed by atoms with Crippen molar-refractivity contribution in [1.82, 2.24) is 19.6 Å². The van der Waals surface area contributed by atoms with Gasteiger partial charge in [0.15, 0.2) is 5.65 Å². The van der Waals surface area contributed by atoms with Crippen molar-refractivity contribution in [2.24, 2.45) is 5.92 Å². The van der Waals surface area contributed by atoms with Gasteiger partial charge in [-0.05, 0) is 30.7 Å². The molecule has 36 heavy (non-hydrogen) atoms. The van der Waals surface area contributed by atoms with Crippen LogP contribution in [0.15, 0.2) is 67.0 Å². The van der Waals surface area contributed by atoms with Gasteiger partial charge >= 0.3 is 0 Å². The van der Waals surface area contributed by atoms with Gasteiger partial charge in [-0.25, -0.2) is 9.97 Å². The zero-order chi connectivity index (χ0) is 24.1. The third-order valence-corrected chi connectivity index (χ3v) is 9.20. The van der Waals surface area contributed by atoms with Crippen LogP contribution in [0.1, 0.15) is 41.0 Å². The molecular formula is C29H31N6S+. The Kier molecular flexibility index (Phi) is 5.47. The van der Waals surface area contributed by atoms with E-state index in [9.17, 15) is 0 Å². The molecule has 1 saturated heterocycles. The zero-order valence-corrected chi connectivity index (χ0v) is 21.4. The summed E-state index contributed by atoms with van der Waals surface area (Å²) in [5, 5.41) is 5.88. The Bertz CT molecular complexity index is 1460. The normalized spacial score (nSPS) is 18.8. The van der Waals surface area contributed by atoms with Crippen LogP contribution in [0, 0.1) is 5.92 Å². The number of fused-ring (bicyclic) bond motifs is 5. The number of nitrogens with zero attached hydrogens (tertiary/aromatic N) is 5. The predicted octanol–water partition coefficient (Wildman–Crippen LogP) is 3.96. The Morgan fingerprint density at radius 3 is 2.36 bits per heavy atom. The second kappa shape index (κ2) is 8.98. The molecule has 2 aromatic carbocycles. The van der Waals surface area contributed by atoms with Gasteiger partial charge in [0, 0.05) is 16.0 Å². The number of hydrogen-bond acceptors (Lipinski definition) is 5. The molecule has 1 atom stereocenters. The van der Waals surface area contributed by atoms with Crippen molar-refractivity contribution in [3.05, 3.63) is 88.6 Å². The van der Waals surface area contributed by atoms with E-state index < -0.39 is 0 Å². The lowest BCUT2D eigenvalue weighted by Gasteiger charge is -2.37. The number of nitrogens with one attached hydrogen (secondary N) is 1. The molecule has 0 radical (unpaired) electrons. The molecule has 0 spiro atoms. The van der Waals surface area contributed by atoms with Crippen molar-refractivity contribution < 1.29 is 4.90 Å². The number of anilines is 1. The van der Waals surface area contributed by atoms with Crippen LogP contribution in [-0.2, 0) is 12.8 Å². The highest BCUT2D eigenvalue weighted by atomic mass is 32.1. The van der Waals surface area contributed by atoms with Crippen LogP contribution in [0.4, 0.5) is 5.95 Å². The molecule has 1 aliphatic carbocycles. The molecule has 182 valence electrons. The second-order valence-corrected chi connectivity index (χ2v) is 11.4. The highest BCUT2D eigenvalue weighted by Gasteiger charge is 2.32. The maximum Gasteiger partial charge on any atom is 0.230 e. The highest BCUT2D eigenvalue weighted by Crippen LogP contribution is 2.39. The number of quaternary nitrogens is 1. The van der Waals surface area contributed by atoms with Crippen LogP contribution in [0.3, 0.4) is 0 Å². The van der Waals surface area contributed by atoms with E-state index in [0.29, 0.717) is 6.04 Å². The fourth-order valence-corrected chi connectivity index (χ4v) is 7.40. The van der Waals surface area contributed by atoms with Gasteiger partial charge in [-0.15, -0.1) is 11.3 Å². The van der Waals surface area contributed by atoms with Crippen LogP contribution in [-0.4, -0.2) is 45.8 Å². The number of thiophene rings is 1. The van der Waals surface area contributed by atoms with Gasteiger partial charge in [0.05, 0.1) is 31.6 Å². The lowest BCUT2D eigenvalue weighted by molar-refractivity contribution is -0.926. The fraction of sp³-hybridized carbons (Fsp3) is 0.345. The Morgan fingerprint density at radius 1 is 0.972 bits per heavy atom.